The molecule has 0 aromatic heterocycles. The van der Waals surface area contributed by atoms with E-state index in [1.54, 1.807) is 11.1 Å². The Bertz CT molecular complexity index is 604. The molecule has 1 aliphatic rings. The van der Waals surface area contributed by atoms with Gasteiger partial charge in [-0.05, 0) is 12.5 Å². The number of benzene rings is 1. The van der Waals surface area contributed by atoms with Gasteiger partial charge >= 0.3 is 6.18 Å². The summed E-state index contributed by atoms with van der Waals surface area (Å²) in [6.07, 6.45) is -4.01. The molecule has 0 bridgehead atoms. The summed E-state index contributed by atoms with van der Waals surface area (Å²) in [5.74, 6) is -0.757. The van der Waals surface area contributed by atoms with Gasteiger partial charge in [-0.1, -0.05) is 30.3 Å². The number of morpholine rings is 1. The van der Waals surface area contributed by atoms with Crippen LogP contribution in [0.4, 0.5) is 13.2 Å². The van der Waals surface area contributed by atoms with Gasteiger partial charge in [0.15, 0.2) is 0 Å². The minimum Gasteiger partial charge on any atom is -0.378 e. The molecule has 1 saturated heterocycles. The number of halogens is 3. The van der Waals surface area contributed by atoms with E-state index >= 15 is 0 Å². The molecule has 4 nitrogen and oxygen atoms in total. The second-order valence-corrected chi connectivity index (χ2v) is 5.04. The van der Waals surface area contributed by atoms with Crippen LogP contribution in [0.3, 0.4) is 0 Å². The van der Waals surface area contributed by atoms with Gasteiger partial charge in [0.2, 0.25) is 5.78 Å². The maximum atomic E-state index is 13.2. The Morgan fingerprint density at radius 1 is 1.22 bits per heavy atom. The maximum Gasteiger partial charge on any atom is 0.417 e. The van der Waals surface area contributed by atoms with Crippen LogP contribution in [-0.4, -0.2) is 49.0 Å². The Balaban J connectivity index is 2.24. The zero-order chi connectivity index (χ0) is 16.9. The standard InChI is InChI=1S/C16H17F3N2O2/c1-12(20-21-7-9-23-10-8-21)15(22)11-14(16(17,18)19)13-5-3-2-4-6-13/h2-6,11H,7-10H2,1H3/b14-11-,20-12+. The van der Waals surface area contributed by atoms with Crippen LogP contribution in [0, 0.1) is 0 Å². The second kappa shape index (κ2) is 7.41. The van der Waals surface area contributed by atoms with E-state index in [2.05, 4.69) is 5.10 Å². The molecule has 0 amide bonds. The molecule has 124 valence electrons. The number of nitrogens with zero attached hydrogens (tertiary/aromatic N) is 2. The van der Waals surface area contributed by atoms with Gasteiger partial charge in [-0.25, -0.2) is 0 Å². The fraction of sp³-hybridized carbons (Fsp3) is 0.375. The van der Waals surface area contributed by atoms with Crippen molar-refractivity contribution in [3.05, 3.63) is 42.0 Å². The van der Waals surface area contributed by atoms with Crippen LogP contribution < -0.4 is 0 Å². The highest BCUT2D eigenvalue weighted by molar-refractivity contribution is 6.44. The van der Waals surface area contributed by atoms with Crippen LogP contribution in [-0.2, 0) is 9.53 Å². The van der Waals surface area contributed by atoms with E-state index < -0.39 is 17.5 Å². The summed E-state index contributed by atoms with van der Waals surface area (Å²) in [5, 5.41) is 5.70. The fourth-order valence-electron chi connectivity index (χ4n) is 2.10. The van der Waals surface area contributed by atoms with E-state index in [0.29, 0.717) is 32.4 Å². The third kappa shape index (κ3) is 4.92. The highest BCUT2D eigenvalue weighted by atomic mass is 19.4. The van der Waals surface area contributed by atoms with Crippen LogP contribution in [0.25, 0.3) is 5.57 Å². The number of hydrogen-bond acceptors (Lipinski definition) is 4. The molecule has 1 aromatic rings. The number of hydrazone groups is 1. The number of carbonyl (C=O) groups is 1. The van der Waals surface area contributed by atoms with Crippen LogP contribution >= 0.6 is 0 Å². The molecule has 1 aromatic carbocycles. The Morgan fingerprint density at radius 3 is 2.39 bits per heavy atom. The highest BCUT2D eigenvalue weighted by Crippen LogP contribution is 2.33. The minimum atomic E-state index is -4.61. The number of ether oxygens (including phenoxy) is 1. The lowest BCUT2D eigenvalue weighted by Crippen LogP contribution is -2.33. The topological polar surface area (TPSA) is 41.9 Å². The van der Waals surface area contributed by atoms with Gasteiger partial charge in [-0.15, -0.1) is 0 Å². The Labute approximate surface area is 132 Å². The van der Waals surface area contributed by atoms with Gasteiger partial charge in [-0.2, -0.15) is 18.3 Å². The Kier molecular flexibility index (Phi) is 5.54. The minimum absolute atomic E-state index is 0.0181. The van der Waals surface area contributed by atoms with Crippen molar-refractivity contribution in [3.63, 3.8) is 0 Å². The molecule has 0 N–H and O–H groups in total. The zero-order valence-electron chi connectivity index (χ0n) is 12.6. The molecule has 0 aliphatic carbocycles. The molecule has 0 unspecified atom stereocenters. The first-order valence-corrected chi connectivity index (χ1v) is 7.14. The number of alkyl halides is 3. The lowest BCUT2D eigenvalue weighted by atomic mass is 10.0. The first kappa shape index (κ1) is 17.2. The Morgan fingerprint density at radius 2 is 1.83 bits per heavy atom. The van der Waals surface area contributed by atoms with Crippen LogP contribution in [0.2, 0.25) is 0 Å². The fourth-order valence-corrected chi connectivity index (χ4v) is 2.10. The third-order valence-electron chi connectivity index (χ3n) is 3.30. The van der Waals surface area contributed by atoms with E-state index in [0.717, 1.165) is 0 Å². The lowest BCUT2D eigenvalue weighted by molar-refractivity contribution is -0.109. The predicted molar refractivity (Wildman–Crippen MR) is 81.0 cm³/mol. The van der Waals surface area contributed by atoms with Crippen molar-refractivity contribution in [2.75, 3.05) is 26.3 Å². The summed E-state index contributed by atoms with van der Waals surface area (Å²) in [6, 6.07) is 7.24. The van der Waals surface area contributed by atoms with Crippen molar-refractivity contribution < 1.29 is 22.7 Å². The molecule has 0 spiro atoms. The van der Waals surface area contributed by atoms with E-state index in [1.165, 1.54) is 31.2 Å². The van der Waals surface area contributed by atoms with Gasteiger partial charge < -0.3 is 4.74 Å². The maximum absolute atomic E-state index is 13.2. The number of rotatable bonds is 4. The van der Waals surface area contributed by atoms with Crippen molar-refractivity contribution in [3.8, 4) is 0 Å². The van der Waals surface area contributed by atoms with Crippen LogP contribution in [0.5, 0.6) is 0 Å². The predicted octanol–water partition coefficient (Wildman–Crippen LogP) is 2.91. The zero-order valence-corrected chi connectivity index (χ0v) is 12.6. The van der Waals surface area contributed by atoms with Crippen molar-refractivity contribution in [1.29, 1.82) is 0 Å². The summed E-state index contributed by atoms with van der Waals surface area (Å²) in [5.41, 5.74) is -1.00. The molecular formula is C16H17F3N2O2. The second-order valence-electron chi connectivity index (χ2n) is 5.04. The molecule has 1 aliphatic heterocycles. The normalized spacial score (nSPS) is 17.3. The molecular weight excluding hydrogens is 309 g/mol. The average molecular weight is 326 g/mol. The summed E-state index contributed by atoms with van der Waals surface area (Å²) >= 11 is 0. The molecule has 0 saturated carbocycles. The van der Waals surface area contributed by atoms with Crippen LogP contribution in [0.1, 0.15) is 12.5 Å². The molecule has 0 radical (unpaired) electrons. The van der Waals surface area contributed by atoms with Gasteiger partial charge in [0.1, 0.15) is 5.71 Å². The van der Waals surface area contributed by atoms with Gasteiger partial charge in [-0.3, -0.25) is 9.80 Å². The SMILES string of the molecule is C/C(=N\N1CCOCC1)C(=O)/C=C(/c1ccccc1)C(F)(F)F. The summed E-state index contributed by atoms with van der Waals surface area (Å²) < 4.78 is 44.8. The van der Waals surface area contributed by atoms with E-state index in [-0.39, 0.29) is 11.3 Å². The van der Waals surface area contributed by atoms with Crippen molar-refractivity contribution in [2.45, 2.75) is 13.1 Å². The number of ketones is 1. The molecule has 23 heavy (non-hydrogen) atoms. The quantitative estimate of drug-likeness (QED) is 0.631. The summed E-state index contributed by atoms with van der Waals surface area (Å²) in [4.78, 5) is 12.1. The molecule has 7 heteroatoms. The first-order chi connectivity index (χ1) is 10.9. The number of hydrogen-bond donors (Lipinski definition) is 0. The Hall–Kier alpha value is -2.15. The molecule has 0 atom stereocenters. The average Bonchev–Trinajstić information content (AvgIpc) is 2.53. The van der Waals surface area contributed by atoms with Crippen LogP contribution in [0.15, 0.2) is 41.5 Å². The largest absolute Gasteiger partial charge is 0.417 e. The summed E-state index contributed by atoms with van der Waals surface area (Å²) in [7, 11) is 0. The van der Waals surface area contributed by atoms with Crippen molar-refractivity contribution in [1.82, 2.24) is 5.01 Å². The van der Waals surface area contributed by atoms with Gasteiger partial charge in [0, 0.05) is 6.08 Å². The highest BCUT2D eigenvalue weighted by Gasteiger charge is 2.35. The van der Waals surface area contributed by atoms with E-state index in [9.17, 15) is 18.0 Å². The molecule has 2 rings (SSSR count). The lowest BCUT2D eigenvalue weighted by Gasteiger charge is -2.24. The van der Waals surface area contributed by atoms with E-state index in [1.807, 2.05) is 0 Å². The number of allylic oxidation sites excluding steroid dienone is 2. The van der Waals surface area contributed by atoms with Gasteiger partial charge in [0.25, 0.3) is 0 Å². The monoisotopic (exact) mass is 326 g/mol. The molecule has 1 fully saturated rings. The smallest absolute Gasteiger partial charge is 0.378 e. The summed E-state index contributed by atoms with van der Waals surface area (Å²) in [6.45, 7) is 3.41. The van der Waals surface area contributed by atoms with Crippen molar-refractivity contribution >= 4 is 17.1 Å². The first-order valence-electron chi connectivity index (χ1n) is 7.14. The van der Waals surface area contributed by atoms with Crippen molar-refractivity contribution in [2.24, 2.45) is 5.10 Å². The number of carbonyl (C=O) groups excluding carboxylic acids is 1. The van der Waals surface area contributed by atoms with Gasteiger partial charge in [0.05, 0.1) is 31.9 Å². The third-order valence-corrected chi connectivity index (χ3v) is 3.30. The molecule has 1 heterocycles. The van der Waals surface area contributed by atoms with E-state index in [4.69, 9.17) is 4.74 Å².